The van der Waals surface area contributed by atoms with Crippen LogP contribution in [0.2, 0.25) is 6.04 Å². The quantitative estimate of drug-likeness (QED) is 0.127. The molecule has 30 heavy (non-hydrogen) atoms. The van der Waals surface area contributed by atoms with Crippen molar-refractivity contribution in [3.63, 3.8) is 0 Å². The summed E-state index contributed by atoms with van der Waals surface area (Å²) in [4.78, 5) is 0. The highest BCUT2D eigenvalue weighted by molar-refractivity contribution is 9.72. The van der Waals surface area contributed by atoms with Crippen molar-refractivity contribution >= 4 is 49.8 Å². The Morgan fingerprint density at radius 2 is 1.37 bits per heavy atom. The van der Waals surface area contributed by atoms with Gasteiger partial charge in [0.2, 0.25) is 0 Å². The maximum Gasteiger partial charge on any atom is 0.267 e. The third kappa shape index (κ3) is 10.5. The maximum atomic E-state index is 9.97. The number of halogens is 3. The van der Waals surface area contributed by atoms with Gasteiger partial charge in [-0.3, -0.25) is 0 Å². The summed E-state index contributed by atoms with van der Waals surface area (Å²) >= 11 is 11.1. The maximum absolute atomic E-state index is 9.97. The number of unbranched alkanes of at least 4 members (excludes halogenated alkanes) is 7. The molecule has 166 valence electrons. The molecule has 0 atom stereocenters. The standard InChI is InChI=1S/C25H35Br3OSi/c1-2-3-4-5-6-7-8-9-11-21-13-15-22(16-14-21)25-18-17-24(29)20-23(25)12-10-19-30(26,27)28/h13-18,20,29H,2-12,19H2,1H3. The Morgan fingerprint density at radius 1 is 0.733 bits per heavy atom. The van der Waals surface area contributed by atoms with Crippen molar-refractivity contribution in [1.29, 1.82) is 0 Å². The molecular formula is C25H35Br3OSi. The van der Waals surface area contributed by atoms with Crippen LogP contribution in [0.1, 0.15) is 75.8 Å². The Labute approximate surface area is 207 Å². The lowest BCUT2D eigenvalue weighted by Crippen LogP contribution is -2.06. The van der Waals surface area contributed by atoms with Crippen LogP contribution in [0.3, 0.4) is 0 Å². The van der Waals surface area contributed by atoms with E-state index in [4.69, 9.17) is 0 Å². The number of phenols is 1. The highest BCUT2D eigenvalue weighted by Crippen LogP contribution is 2.35. The first-order valence-electron chi connectivity index (χ1n) is 11.4. The molecule has 0 aliphatic rings. The number of rotatable bonds is 14. The topological polar surface area (TPSA) is 20.2 Å². The van der Waals surface area contributed by atoms with E-state index in [-0.39, 0.29) is 0 Å². The van der Waals surface area contributed by atoms with Gasteiger partial charge in [-0.25, -0.2) is 0 Å². The van der Waals surface area contributed by atoms with Gasteiger partial charge in [-0.15, -0.1) is 0 Å². The molecule has 0 spiro atoms. The zero-order valence-electron chi connectivity index (χ0n) is 18.1. The van der Waals surface area contributed by atoms with Crippen LogP contribution in [0, 0.1) is 0 Å². The van der Waals surface area contributed by atoms with Gasteiger partial charge in [0, 0.05) is 0 Å². The second-order valence-corrected chi connectivity index (χ2v) is 31.7. The number of aryl methyl sites for hydroxylation is 2. The van der Waals surface area contributed by atoms with Crippen LogP contribution in [0.4, 0.5) is 0 Å². The first-order chi connectivity index (χ1) is 14.4. The van der Waals surface area contributed by atoms with E-state index in [1.54, 1.807) is 6.07 Å². The molecule has 1 nitrogen and oxygen atoms in total. The number of benzene rings is 2. The summed E-state index contributed by atoms with van der Waals surface area (Å²) in [5.41, 5.74) is 5.12. The molecule has 0 saturated carbocycles. The molecule has 0 fully saturated rings. The summed E-state index contributed by atoms with van der Waals surface area (Å²) in [6, 6.07) is 15.9. The van der Waals surface area contributed by atoms with Gasteiger partial charge in [0.05, 0.1) is 0 Å². The summed E-state index contributed by atoms with van der Waals surface area (Å²) in [6.45, 7) is 2.27. The Bertz CT molecular complexity index is 741. The van der Waals surface area contributed by atoms with E-state index >= 15 is 0 Å². The Hall–Kier alpha value is -0.103. The molecule has 0 radical (unpaired) electrons. The van der Waals surface area contributed by atoms with Crippen LogP contribution in [0.25, 0.3) is 11.1 Å². The lowest BCUT2D eigenvalue weighted by Gasteiger charge is -2.13. The van der Waals surface area contributed by atoms with Gasteiger partial charge in [-0.1, -0.05) is 128 Å². The van der Waals surface area contributed by atoms with Gasteiger partial charge in [0.25, 0.3) is 3.93 Å². The number of hydrogen-bond donors (Lipinski definition) is 1. The largest absolute Gasteiger partial charge is 0.508 e. The summed E-state index contributed by atoms with van der Waals surface area (Å²) in [5.74, 6) is 0.347. The van der Waals surface area contributed by atoms with E-state index in [0.29, 0.717) is 5.75 Å². The monoisotopic (exact) mass is 616 g/mol. The number of phenolic OH excluding ortho intramolecular Hbond substituents is 1. The van der Waals surface area contributed by atoms with Crippen molar-refractivity contribution < 1.29 is 5.11 Å². The van der Waals surface area contributed by atoms with Crippen LogP contribution >= 0.6 is 45.9 Å². The van der Waals surface area contributed by atoms with Gasteiger partial charge in [0.1, 0.15) is 5.75 Å². The predicted octanol–water partition coefficient (Wildman–Crippen LogP) is 9.80. The molecule has 0 unspecified atom stereocenters. The SMILES string of the molecule is CCCCCCCCCCc1ccc(-c2ccc(O)cc2CCC[Si](Br)(Br)Br)cc1. The molecule has 0 bridgehead atoms. The average molecular weight is 619 g/mol. The van der Waals surface area contributed by atoms with Crippen molar-refractivity contribution in [1.82, 2.24) is 0 Å². The molecule has 2 aromatic rings. The Balaban J connectivity index is 1.86. The molecule has 0 heterocycles. The second-order valence-electron chi connectivity index (χ2n) is 8.23. The van der Waals surface area contributed by atoms with E-state index < -0.39 is 3.93 Å². The molecule has 2 aromatic carbocycles. The zero-order chi connectivity index (χ0) is 21.8. The summed E-state index contributed by atoms with van der Waals surface area (Å²) in [7, 11) is 0. The van der Waals surface area contributed by atoms with Gasteiger partial charge in [-0.05, 0) is 66.1 Å². The van der Waals surface area contributed by atoms with Gasteiger partial charge in [0.15, 0.2) is 0 Å². The number of aromatic hydroxyl groups is 1. The molecule has 0 aliphatic carbocycles. The lowest BCUT2D eigenvalue weighted by molar-refractivity contribution is 0.474. The van der Waals surface area contributed by atoms with Gasteiger partial charge >= 0.3 is 0 Å². The molecule has 0 aromatic heterocycles. The minimum absolute atomic E-state index is 0.347. The highest BCUT2D eigenvalue weighted by atomic mass is 80.0. The van der Waals surface area contributed by atoms with Crippen LogP contribution in [0.5, 0.6) is 5.75 Å². The minimum atomic E-state index is -1.58. The smallest absolute Gasteiger partial charge is 0.267 e. The van der Waals surface area contributed by atoms with Crippen molar-refractivity contribution in [3.05, 3.63) is 53.6 Å². The fourth-order valence-corrected chi connectivity index (χ4v) is 6.96. The van der Waals surface area contributed by atoms with Crippen molar-refractivity contribution in [2.45, 2.75) is 83.6 Å². The van der Waals surface area contributed by atoms with Crippen LogP contribution in [-0.4, -0.2) is 9.04 Å². The summed E-state index contributed by atoms with van der Waals surface area (Å²) in [6.07, 6.45) is 14.1. The first-order valence-corrected chi connectivity index (χ1v) is 20.3. The molecule has 1 N–H and O–H groups in total. The molecule has 0 saturated heterocycles. The fraction of sp³-hybridized carbons (Fsp3) is 0.520. The third-order valence-electron chi connectivity index (χ3n) is 5.58. The lowest BCUT2D eigenvalue weighted by atomic mass is 9.95. The Morgan fingerprint density at radius 3 is 2.00 bits per heavy atom. The first kappa shape index (κ1) is 26.2. The molecule has 0 aliphatic heterocycles. The van der Waals surface area contributed by atoms with Crippen molar-refractivity contribution in [3.8, 4) is 16.9 Å². The molecule has 2 rings (SSSR count). The normalized spacial score (nSPS) is 11.7. The zero-order valence-corrected chi connectivity index (χ0v) is 23.9. The highest BCUT2D eigenvalue weighted by Gasteiger charge is 2.21. The van der Waals surface area contributed by atoms with Crippen LogP contribution in [0.15, 0.2) is 42.5 Å². The summed E-state index contributed by atoms with van der Waals surface area (Å²) in [5, 5.41) is 9.97. The van der Waals surface area contributed by atoms with E-state index in [0.717, 1.165) is 18.9 Å². The minimum Gasteiger partial charge on any atom is -0.508 e. The van der Waals surface area contributed by atoms with Crippen LogP contribution < -0.4 is 0 Å². The number of hydrogen-bond acceptors (Lipinski definition) is 1. The van der Waals surface area contributed by atoms with E-state index in [1.165, 1.54) is 80.0 Å². The Kier molecular flexibility index (Phi) is 12.3. The molecule has 5 heteroatoms. The molecule has 0 amide bonds. The average Bonchev–Trinajstić information content (AvgIpc) is 2.70. The van der Waals surface area contributed by atoms with Crippen molar-refractivity contribution in [2.24, 2.45) is 0 Å². The van der Waals surface area contributed by atoms with Gasteiger partial charge < -0.3 is 5.11 Å². The van der Waals surface area contributed by atoms with E-state index in [1.807, 2.05) is 6.07 Å². The van der Waals surface area contributed by atoms with Gasteiger partial charge in [-0.2, -0.15) is 0 Å². The predicted molar refractivity (Wildman–Crippen MR) is 146 cm³/mol. The van der Waals surface area contributed by atoms with E-state index in [9.17, 15) is 5.11 Å². The third-order valence-corrected chi connectivity index (χ3v) is 10.1. The fourth-order valence-electron chi connectivity index (χ4n) is 3.86. The van der Waals surface area contributed by atoms with E-state index in [2.05, 4.69) is 83.1 Å². The second kappa shape index (κ2) is 14.1. The van der Waals surface area contributed by atoms with Crippen LogP contribution in [-0.2, 0) is 12.8 Å². The molecular weight excluding hydrogens is 584 g/mol. The summed E-state index contributed by atoms with van der Waals surface area (Å²) < 4.78 is -1.58. The van der Waals surface area contributed by atoms with Crippen molar-refractivity contribution in [2.75, 3.05) is 0 Å².